The smallest absolute Gasteiger partial charge is 0.418 e. The zero-order valence-corrected chi connectivity index (χ0v) is 19.1. The molecule has 0 unspecified atom stereocenters. The molecule has 0 saturated heterocycles. The van der Waals surface area contributed by atoms with E-state index in [0.29, 0.717) is 49.4 Å². The summed E-state index contributed by atoms with van der Waals surface area (Å²) in [7, 11) is 0. The number of halogens is 6. The minimum absolute atomic E-state index is 0.0428. The van der Waals surface area contributed by atoms with Crippen molar-refractivity contribution in [3.8, 4) is 5.88 Å². The van der Waals surface area contributed by atoms with Crippen molar-refractivity contribution in [2.24, 2.45) is 11.3 Å². The van der Waals surface area contributed by atoms with Crippen molar-refractivity contribution in [1.29, 1.82) is 0 Å². The molecule has 36 heavy (non-hydrogen) atoms. The van der Waals surface area contributed by atoms with Gasteiger partial charge in [-0.3, -0.25) is 4.79 Å². The summed E-state index contributed by atoms with van der Waals surface area (Å²) in [5.41, 5.74) is -1.29. The number of amides is 1. The number of alkyl halides is 6. The van der Waals surface area contributed by atoms with Crippen molar-refractivity contribution in [3.63, 3.8) is 0 Å². The van der Waals surface area contributed by atoms with Crippen molar-refractivity contribution in [2.45, 2.75) is 50.9 Å². The number of aromatic hydroxyl groups is 1. The molecule has 190 valence electrons. The third-order valence-electron chi connectivity index (χ3n) is 7.86. The zero-order valence-electron chi connectivity index (χ0n) is 19.1. The lowest BCUT2D eigenvalue weighted by atomic mass is 9.63. The lowest BCUT2D eigenvalue weighted by Crippen LogP contribution is -2.38. The molecule has 1 fully saturated rings. The maximum absolute atomic E-state index is 13.5. The van der Waals surface area contributed by atoms with Gasteiger partial charge in [-0.05, 0) is 78.5 Å². The molecule has 2 aromatic carbocycles. The first-order valence-corrected chi connectivity index (χ1v) is 11.5. The molecule has 4 nitrogen and oxygen atoms in total. The molecule has 0 radical (unpaired) electrons. The predicted octanol–water partition coefficient (Wildman–Crippen LogP) is 7.06. The van der Waals surface area contributed by atoms with Gasteiger partial charge >= 0.3 is 12.4 Å². The summed E-state index contributed by atoms with van der Waals surface area (Å²) in [6, 6.07) is 8.08. The lowest BCUT2D eigenvalue weighted by molar-refractivity contribution is -0.141. The van der Waals surface area contributed by atoms with Gasteiger partial charge in [0.05, 0.1) is 22.3 Å². The van der Waals surface area contributed by atoms with Gasteiger partial charge < -0.3 is 10.4 Å². The topological polar surface area (TPSA) is 62.2 Å². The Morgan fingerprint density at radius 3 is 2.47 bits per heavy atom. The van der Waals surface area contributed by atoms with E-state index in [1.807, 2.05) is 13.0 Å². The number of anilines is 1. The Balaban J connectivity index is 1.47. The summed E-state index contributed by atoms with van der Waals surface area (Å²) >= 11 is 0. The van der Waals surface area contributed by atoms with E-state index in [1.165, 1.54) is 6.07 Å². The SMILES string of the molecule is C[C@]12CCc3c(ccc4nc(O)ccc34)[C@@H]1CC[C@@H]2C(=O)Nc1cc(C(F)(F)F)ccc1C(F)(F)F. The van der Waals surface area contributed by atoms with Crippen LogP contribution < -0.4 is 5.32 Å². The van der Waals surface area contributed by atoms with Crippen LogP contribution in [0, 0.1) is 11.3 Å². The summed E-state index contributed by atoms with van der Waals surface area (Å²) in [6.45, 7) is 1.92. The van der Waals surface area contributed by atoms with Crippen LogP contribution >= 0.6 is 0 Å². The molecule has 1 saturated carbocycles. The van der Waals surface area contributed by atoms with Crippen molar-refractivity contribution in [2.75, 3.05) is 5.32 Å². The molecule has 2 aliphatic carbocycles. The average Bonchev–Trinajstić information content (AvgIpc) is 3.14. The molecule has 2 aliphatic rings. The fourth-order valence-corrected chi connectivity index (χ4v) is 6.09. The third kappa shape index (κ3) is 3.96. The van der Waals surface area contributed by atoms with E-state index in [1.54, 1.807) is 12.1 Å². The van der Waals surface area contributed by atoms with Crippen LogP contribution in [0.4, 0.5) is 32.0 Å². The number of nitrogens with zero attached hydrogens (tertiary/aromatic N) is 1. The van der Waals surface area contributed by atoms with Crippen LogP contribution in [0.15, 0.2) is 42.5 Å². The third-order valence-corrected chi connectivity index (χ3v) is 7.86. The maximum atomic E-state index is 13.5. The molecule has 1 amide bonds. The number of carbonyl (C=O) groups excluding carboxylic acids is 1. The molecular weight excluding hydrogens is 486 g/mol. The average molecular weight is 508 g/mol. The van der Waals surface area contributed by atoms with Gasteiger partial charge in [0, 0.05) is 17.4 Å². The summed E-state index contributed by atoms with van der Waals surface area (Å²) in [4.78, 5) is 17.4. The number of aromatic nitrogens is 1. The van der Waals surface area contributed by atoms with E-state index in [2.05, 4.69) is 10.3 Å². The van der Waals surface area contributed by atoms with Gasteiger partial charge in [0.1, 0.15) is 0 Å². The van der Waals surface area contributed by atoms with Gasteiger partial charge in [0.15, 0.2) is 0 Å². The molecule has 0 aliphatic heterocycles. The molecule has 3 atom stereocenters. The summed E-state index contributed by atoms with van der Waals surface area (Å²) in [6.07, 6.45) is -7.58. The first kappa shape index (κ1) is 24.4. The van der Waals surface area contributed by atoms with Gasteiger partial charge in [0.2, 0.25) is 11.8 Å². The first-order valence-electron chi connectivity index (χ1n) is 11.5. The molecule has 1 heterocycles. The lowest BCUT2D eigenvalue weighted by Gasteiger charge is -2.41. The van der Waals surface area contributed by atoms with Crippen molar-refractivity contribution < 1.29 is 36.2 Å². The fraction of sp³-hybridized carbons (Fsp3) is 0.385. The van der Waals surface area contributed by atoms with E-state index in [0.717, 1.165) is 16.5 Å². The Bertz CT molecular complexity index is 1370. The molecule has 2 N–H and O–H groups in total. The second-order valence-electron chi connectivity index (χ2n) is 9.80. The highest BCUT2D eigenvalue weighted by Gasteiger charge is 2.52. The Morgan fingerprint density at radius 1 is 1.03 bits per heavy atom. The Morgan fingerprint density at radius 2 is 1.78 bits per heavy atom. The first-order chi connectivity index (χ1) is 16.8. The second-order valence-corrected chi connectivity index (χ2v) is 9.80. The van der Waals surface area contributed by atoms with Crippen LogP contribution in [0.3, 0.4) is 0 Å². The molecule has 3 aromatic rings. The van der Waals surface area contributed by atoms with E-state index >= 15 is 0 Å². The van der Waals surface area contributed by atoms with Crippen molar-refractivity contribution in [1.82, 2.24) is 4.98 Å². The molecule has 10 heteroatoms. The molecule has 5 rings (SSSR count). The summed E-state index contributed by atoms with van der Waals surface area (Å²) < 4.78 is 80.1. The molecule has 0 spiro atoms. The number of hydrogen-bond acceptors (Lipinski definition) is 3. The number of fused-ring (bicyclic) bond motifs is 5. The van der Waals surface area contributed by atoms with Crippen LogP contribution in [0.5, 0.6) is 5.88 Å². The number of aryl methyl sites for hydroxylation is 1. The van der Waals surface area contributed by atoms with Crippen LogP contribution in [0.2, 0.25) is 0 Å². The van der Waals surface area contributed by atoms with Gasteiger partial charge in [0.25, 0.3) is 0 Å². The molecular formula is C26H22F6N2O2. The van der Waals surface area contributed by atoms with Crippen molar-refractivity contribution >= 4 is 22.5 Å². The minimum atomic E-state index is -4.93. The zero-order chi connectivity index (χ0) is 26.0. The number of benzene rings is 2. The van der Waals surface area contributed by atoms with Gasteiger partial charge in [-0.1, -0.05) is 13.0 Å². The van der Waals surface area contributed by atoms with Crippen LogP contribution in [-0.4, -0.2) is 16.0 Å². The Labute approximate surface area is 202 Å². The van der Waals surface area contributed by atoms with Gasteiger partial charge in [-0.2, -0.15) is 26.3 Å². The van der Waals surface area contributed by atoms with Crippen LogP contribution in [-0.2, 0) is 23.6 Å². The molecule has 0 bridgehead atoms. The normalized spacial score (nSPS) is 23.9. The minimum Gasteiger partial charge on any atom is -0.493 e. The summed E-state index contributed by atoms with van der Waals surface area (Å²) in [5.74, 6) is -1.51. The number of hydrogen-bond donors (Lipinski definition) is 2. The maximum Gasteiger partial charge on any atom is 0.418 e. The number of nitrogens with one attached hydrogen (secondary N) is 1. The second kappa shape index (κ2) is 8.11. The number of pyridine rings is 1. The van der Waals surface area contributed by atoms with Gasteiger partial charge in [-0.15, -0.1) is 0 Å². The molecule has 1 aromatic heterocycles. The van der Waals surface area contributed by atoms with Gasteiger partial charge in [-0.25, -0.2) is 4.98 Å². The largest absolute Gasteiger partial charge is 0.493 e. The highest BCUT2D eigenvalue weighted by atomic mass is 19.4. The van der Waals surface area contributed by atoms with E-state index in [9.17, 15) is 36.2 Å². The summed E-state index contributed by atoms with van der Waals surface area (Å²) in [5, 5.41) is 12.8. The quantitative estimate of drug-likeness (QED) is 0.364. The Hall–Kier alpha value is -3.30. The monoisotopic (exact) mass is 508 g/mol. The van der Waals surface area contributed by atoms with E-state index in [-0.39, 0.29) is 11.8 Å². The van der Waals surface area contributed by atoms with Crippen LogP contribution in [0.25, 0.3) is 10.9 Å². The predicted molar refractivity (Wildman–Crippen MR) is 120 cm³/mol. The standard InChI is InChI=1S/C26H22F6N2O2/c1-24-11-10-14-15(3-8-20-16(14)4-9-22(35)33-20)17(24)6-7-19(24)23(36)34-21-12-13(25(27,28)29)2-5-18(21)26(30,31)32/h2-5,8-9,12,17,19H,6-7,10-11H2,1H3,(H,33,35)(H,34,36)/t17-,19+,24-/m0/s1. The Kier molecular flexibility index (Phi) is 5.50. The number of carbonyl (C=O) groups is 1. The van der Waals surface area contributed by atoms with E-state index in [4.69, 9.17) is 0 Å². The van der Waals surface area contributed by atoms with Crippen molar-refractivity contribution in [3.05, 3.63) is 64.7 Å². The number of rotatable bonds is 2. The van der Waals surface area contributed by atoms with Crippen LogP contribution in [0.1, 0.15) is 54.4 Å². The highest BCUT2D eigenvalue weighted by molar-refractivity contribution is 5.94. The van der Waals surface area contributed by atoms with E-state index < -0.39 is 46.4 Å². The fourth-order valence-electron chi connectivity index (χ4n) is 6.09. The highest BCUT2D eigenvalue weighted by Crippen LogP contribution is 2.59.